The number of rotatable bonds is 7. The van der Waals surface area contributed by atoms with E-state index in [9.17, 15) is 19.2 Å². The summed E-state index contributed by atoms with van der Waals surface area (Å²) < 4.78 is 5.30. The molecule has 2 saturated carbocycles. The predicted octanol–water partition coefficient (Wildman–Crippen LogP) is 4.91. The van der Waals surface area contributed by atoms with Gasteiger partial charge in [0, 0.05) is 20.2 Å². The maximum atomic E-state index is 13.4. The van der Waals surface area contributed by atoms with Gasteiger partial charge in [-0.05, 0) is 48.8 Å². The fraction of sp³-hybridized carbons (Fsp3) is 0.565. The van der Waals surface area contributed by atoms with E-state index in [2.05, 4.69) is 31.9 Å². The summed E-state index contributed by atoms with van der Waals surface area (Å²) in [5, 5.41) is 0.539. The average Bonchev–Trinajstić information content (AvgIpc) is 3.35. The van der Waals surface area contributed by atoms with Crippen LogP contribution in [-0.2, 0) is 19.1 Å². The van der Waals surface area contributed by atoms with Gasteiger partial charge < -0.3 is 4.74 Å². The van der Waals surface area contributed by atoms with Crippen LogP contribution >= 0.6 is 55.1 Å². The lowest BCUT2D eigenvalue weighted by molar-refractivity contribution is -0.159. The third-order valence-corrected chi connectivity index (χ3v) is 10.6. The summed E-state index contributed by atoms with van der Waals surface area (Å²) in [6.45, 7) is 3.26. The second kappa shape index (κ2) is 9.59. The maximum absolute atomic E-state index is 13.4. The van der Waals surface area contributed by atoms with E-state index in [-0.39, 0.29) is 56.2 Å². The molecule has 0 spiro atoms. The van der Waals surface area contributed by atoms with Crippen LogP contribution in [0.4, 0.5) is 0 Å². The van der Waals surface area contributed by atoms with Crippen molar-refractivity contribution in [3.8, 4) is 0 Å². The summed E-state index contributed by atoms with van der Waals surface area (Å²) >= 11 is 19.3. The molecule has 0 N–H and O–H groups in total. The first-order valence-electron chi connectivity index (χ1n) is 10.8. The fourth-order valence-corrected chi connectivity index (χ4v) is 7.85. The predicted molar refractivity (Wildman–Crippen MR) is 131 cm³/mol. The zero-order valence-corrected chi connectivity index (χ0v) is 22.7. The van der Waals surface area contributed by atoms with Crippen LogP contribution in [0.5, 0.6) is 0 Å². The van der Waals surface area contributed by atoms with E-state index in [4.69, 9.17) is 27.9 Å². The molecular formula is C23H23Br2Cl2NO5. The van der Waals surface area contributed by atoms with Gasteiger partial charge in [-0.1, -0.05) is 68.9 Å². The summed E-state index contributed by atoms with van der Waals surface area (Å²) in [5.74, 6) is -2.59. The first-order valence-corrected chi connectivity index (χ1v) is 13.4. The maximum Gasteiger partial charge on any atom is 0.329 e. The molecule has 1 saturated heterocycles. The number of ketones is 1. The summed E-state index contributed by atoms with van der Waals surface area (Å²) in [6, 6.07) is 3.35. The van der Waals surface area contributed by atoms with Crippen molar-refractivity contribution in [3.05, 3.63) is 33.8 Å². The Kier molecular flexibility index (Phi) is 7.31. The van der Waals surface area contributed by atoms with Gasteiger partial charge in [-0.25, -0.2) is 4.79 Å². The number of Topliss-reactive ketones (excluding diaryl/α,β-unsaturated/α-hetero) is 1. The van der Waals surface area contributed by atoms with Gasteiger partial charge >= 0.3 is 5.97 Å². The number of hydrogen-bond donors (Lipinski definition) is 0. The number of halogens is 4. The molecule has 7 atom stereocenters. The Balaban J connectivity index is 1.51. The highest BCUT2D eigenvalue weighted by atomic mass is 79.9. The van der Waals surface area contributed by atoms with Crippen LogP contribution in [0.3, 0.4) is 0 Å². The lowest BCUT2D eigenvalue weighted by Gasteiger charge is -2.28. The second-order valence-electron chi connectivity index (χ2n) is 9.35. The van der Waals surface area contributed by atoms with Gasteiger partial charge in [-0.2, -0.15) is 0 Å². The Bertz CT molecular complexity index is 987. The van der Waals surface area contributed by atoms with Gasteiger partial charge in [0.05, 0.1) is 16.9 Å². The summed E-state index contributed by atoms with van der Waals surface area (Å²) in [5.41, 5.74) is 0.181. The van der Waals surface area contributed by atoms with E-state index >= 15 is 0 Å². The first-order chi connectivity index (χ1) is 15.5. The smallest absolute Gasteiger partial charge is 0.329 e. The number of carbonyl (C=O) groups excluding carboxylic acids is 4. The third kappa shape index (κ3) is 4.41. The largest absolute Gasteiger partial charge is 0.456 e. The SMILES string of the molecule is CC(C)C[C@H](C(=O)OCC(=O)c1ccc(Cl)cc1Cl)N1C(=O)[C@@H]2[C@H]3C[C@@H]([C@H](Br)[C@H]3Br)[C@@H]2C1=O. The Morgan fingerprint density at radius 1 is 1.09 bits per heavy atom. The van der Waals surface area contributed by atoms with Crippen LogP contribution in [0.25, 0.3) is 0 Å². The molecule has 2 aliphatic carbocycles. The van der Waals surface area contributed by atoms with Gasteiger partial charge in [0.1, 0.15) is 6.04 Å². The molecule has 178 valence electrons. The van der Waals surface area contributed by atoms with Crippen LogP contribution in [0.2, 0.25) is 10.0 Å². The van der Waals surface area contributed by atoms with Crippen molar-refractivity contribution in [2.45, 2.75) is 42.4 Å². The van der Waals surface area contributed by atoms with Gasteiger partial charge in [0.2, 0.25) is 17.6 Å². The van der Waals surface area contributed by atoms with Crippen molar-refractivity contribution < 1.29 is 23.9 Å². The standard InChI is InChI=1S/C23H23Br2Cl2NO5/c1-9(2)5-15(23(32)33-8-16(29)11-4-3-10(26)6-14(11)27)28-21(30)17-12-7-13(18(17)22(28)31)20(25)19(12)24/h3-4,6,9,12-13,15,17-20H,5,7-8H2,1-2H3/t12-,13-,15-,17-,18+,19+,20+/m1/s1. The number of fused-ring (bicyclic) bond motifs is 5. The van der Waals surface area contributed by atoms with E-state index < -0.39 is 36.2 Å². The Morgan fingerprint density at radius 3 is 2.18 bits per heavy atom. The molecule has 1 aromatic carbocycles. The minimum absolute atomic E-state index is 0.0228. The minimum Gasteiger partial charge on any atom is -0.456 e. The van der Waals surface area contributed by atoms with Crippen molar-refractivity contribution in [2.75, 3.05) is 6.61 Å². The number of alkyl halides is 2. The van der Waals surface area contributed by atoms with Gasteiger partial charge in [0.15, 0.2) is 6.61 Å². The monoisotopic (exact) mass is 621 g/mol. The Labute approximate surface area is 218 Å². The van der Waals surface area contributed by atoms with E-state index in [1.807, 2.05) is 13.8 Å². The fourth-order valence-electron chi connectivity index (χ4n) is 5.46. The van der Waals surface area contributed by atoms with Crippen LogP contribution in [0.15, 0.2) is 18.2 Å². The van der Waals surface area contributed by atoms with E-state index in [1.54, 1.807) is 0 Å². The first kappa shape index (κ1) is 25.1. The van der Waals surface area contributed by atoms with Crippen LogP contribution in [-0.4, -0.2) is 50.8 Å². The zero-order chi connectivity index (χ0) is 24.2. The lowest BCUT2D eigenvalue weighted by atomic mass is 9.81. The van der Waals surface area contributed by atoms with Crippen LogP contribution in [0, 0.1) is 29.6 Å². The third-order valence-electron chi connectivity index (χ3n) is 6.88. The number of imide groups is 1. The summed E-state index contributed by atoms with van der Waals surface area (Å²) in [7, 11) is 0. The zero-order valence-electron chi connectivity index (χ0n) is 18.0. The number of ether oxygens (including phenoxy) is 1. The molecule has 1 heterocycles. The molecule has 2 amide bonds. The summed E-state index contributed by atoms with van der Waals surface area (Å²) in [6.07, 6.45) is 1.07. The van der Waals surface area contributed by atoms with E-state index in [0.717, 1.165) is 11.3 Å². The van der Waals surface area contributed by atoms with Crippen LogP contribution in [0.1, 0.15) is 37.0 Å². The number of benzene rings is 1. The second-order valence-corrected chi connectivity index (χ2v) is 12.3. The van der Waals surface area contributed by atoms with Crippen molar-refractivity contribution in [1.82, 2.24) is 4.90 Å². The molecular weight excluding hydrogens is 601 g/mol. The molecule has 0 aromatic heterocycles. The number of esters is 1. The van der Waals surface area contributed by atoms with E-state index in [1.165, 1.54) is 18.2 Å². The molecule has 33 heavy (non-hydrogen) atoms. The molecule has 0 radical (unpaired) electrons. The molecule has 0 unspecified atom stereocenters. The molecule has 1 aliphatic heterocycles. The van der Waals surface area contributed by atoms with Crippen molar-refractivity contribution in [3.63, 3.8) is 0 Å². The normalized spacial score (nSPS) is 31.3. The molecule has 10 heteroatoms. The van der Waals surface area contributed by atoms with Crippen molar-refractivity contribution >= 4 is 78.6 Å². The van der Waals surface area contributed by atoms with Crippen molar-refractivity contribution in [1.29, 1.82) is 0 Å². The molecule has 3 fully saturated rings. The van der Waals surface area contributed by atoms with Gasteiger partial charge in [-0.15, -0.1) is 0 Å². The highest BCUT2D eigenvalue weighted by molar-refractivity contribution is 9.12. The quantitative estimate of drug-likeness (QED) is 0.187. The number of likely N-dealkylation sites (tertiary alicyclic amines) is 1. The molecule has 3 aliphatic rings. The Hall–Kier alpha value is -0.960. The van der Waals surface area contributed by atoms with Crippen LogP contribution < -0.4 is 0 Å². The number of hydrogen-bond acceptors (Lipinski definition) is 5. The highest BCUT2D eigenvalue weighted by Crippen LogP contribution is 2.60. The minimum atomic E-state index is -1.06. The molecule has 4 rings (SSSR count). The summed E-state index contributed by atoms with van der Waals surface area (Å²) in [4.78, 5) is 53.7. The van der Waals surface area contributed by atoms with Gasteiger partial charge in [0.25, 0.3) is 0 Å². The number of nitrogens with zero attached hydrogens (tertiary/aromatic N) is 1. The lowest BCUT2D eigenvalue weighted by Crippen LogP contribution is -2.48. The topological polar surface area (TPSA) is 80.8 Å². The molecule has 2 bridgehead atoms. The Morgan fingerprint density at radius 2 is 1.67 bits per heavy atom. The van der Waals surface area contributed by atoms with Gasteiger partial charge in [-0.3, -0.25) is 19.3 Å². The van der Waals surface area contributed by atoms with E-state index in [0.29, 0.717) is 5.02 Å². The number of amides is 2. The van der Waals surface area contributed by atoms with Crippen molar-refractivity contribution in [2.24, 2.45) is 29.6 Å². The molecule has 6 nitrogen and oxygen atoms in total. The molecule has 1 aromatic rings. The highest BCUT2D eigenvalue weighted by Gasteiger charge is 2.67. The average molecular weight is 624 g/mol. The number of carbonyl (C=O) groups is 4.